The molecule has 6 heteroatoms. The number of carbonyl (C=O) groups is 3. The molecule has 21 heavy (non-hydrogen) atoms. The van der Waals surface area contributed by atoms with Crippen LogP contribution in [0.25, 0.3) is 0 Å². The van der Waals surface area contributed by atoms with E-state index in [1.165, 1.54) is 0 Å². The van der Waals surface area contributed by atoms with E-state index in [-0.39, 0.29) is 23.8 Å². The number of primary amides is 1. The monoisotopic (exact) mass is 295 g/mol. The zero-order valence-electron chi connectivity index (χ0n) is 12.7. The Morgan fingerprint density at radius 1 is 1.00 bits per heavy atom. The smallest absolute Gasteiger partial charge is 0.312 e. The molecule has 1 unspecified atom stereocenters. The van der Waals surface area contributed by atoms with Crippen LogP contribution < -0.4 is 5.73 Å². The highest BCUT2D eigenvalue weighted by Crippen LogP contribution is 2.21. The number of likely N-dealkylation sites (tertiary alicyclic amines) is 2. The molecule has 0 bridgehead atoms. The summed E-state index contributed by atoms with van der Waals surface area (Å²) in [6.45, 7) is 3.63. The summed E-state index contributed by atoms with van der Waals surface area (Å²) in [4.78, 5) is 39.2. The highest BCUT2D eigenvalue weighted by atomic mass is 16.2. The van der Waals surface area contributed by atoms with Gasteiger partial charge in [-0.2, -0.15) is 0 Å². The van der Waals surface area contributed by atoms with E-state index in [1.54, 1.807) is 9.80 Å². The van der Waals surface area contributed by atoms with E-state index in [9.17, 15) is 14.4 Å². The van der Waals surface area contributed by atoms with E-state index >= 15 is 0 Å². The van der Waals surface area contributed by atoms with E-state index in [4.69, 9.17) is 5.73 Å². The minimum absolute atomic E-state index is 0.164. The van der Waals surface area contributed by atoms with Gasteiger partial charge in [0.15, 0.2) is 0 Å². The SMILES string of the molecule is CCC1CCCCN1C(=O)C(=O)N1CCC(C(N)=O)CC1. The molecule has 0 radical (unpaired) electrons. The molecule has 1 atom stereocenters. The van der Waals surface area contributed by atoms with Gasteiger partial charge >= 0.3 is 11.8 Å². The number of hydrogen-bond acceptors (Lipinski definition) is 3. The maximum Gasteiger partial charge on any atom is 0.312 e. The Morgan fingerprint density at radius 3 is 2.24 bits per heavy atom. The molecule has 0 aromatic rings. The third-order valence-corrected chi connectivity index (χ3v) is 4.73. The number of rotatable bonds is 2. The molecule has 0 aromatic carbocycles. The number of amides is 3. The van der Waals surface area contributed by atoms with Crippen molar-refractivity contribution in [3.8, 4) is 0 Å². The van der Waals surface area contributed by atoms with Crippen LogP contribution in [0, 0.1) is 5.92 Å². The number of carbonyl (C=O) groups excluding carboxylic acids is 3. The lowest BCUT2D eigenvalue weighted by Crippen LogP contribution is -2.52. The van der Waals surface area contributed by atoms with E-state index in [1.807, 2.05) is 0 Å². The highest BCUT2D eigenvalue weighted by Gasteiger charge is 2.34. The van der Waals surface area contributed by atoms with Gasteiger partial charge in [0.1, 0.15) is 0 Å². The molecular weight excluding hydrogens is 270 g/mol. The van der Waals surface area contributed by atoms with E-state index < -0.39 is 5.91 Å². The molecule has 3 amide bonds. The van der Waals surface area contributed by atoms with Gasteiger partial charge in [0.05, 0.1) is 0 Å². The number of hydrogen-bond donors (Lipinski definition) is 1. The van der Waals surface area contributed by atoms with Crippen LogP contribution in [0.3, 0.4) is 0 Å². The molecular formula is C15H25N3O3. The quantitative estimate of drug-likeness (QED) is 0.753. The molecule has 0 aliphatic carbocycles. The number of nitrogens with zero attached hydrogens (tertiary/aromatic N) is 2. The first-order valence-corrected chi connectivity index (χ1v) is 7.93. The Hall–Kier alpha value is -1.59. The average Bonchev–Trinajstić information content (AvgIpc) is 2.53. The minimum atomic E-state index is -0.418. The van der Waals surface area contributed by atoms with Crippen LogP contribution in [0.5, 0.6) is 0 Å². The average molecular weight is 295 g/mol. The van der Waals surface area contributed by atoms with Crippen LogP contribution in [-0.4, -0.2) is 53.2 Å². The fraction of sp³-hybridized carbons (Fsp3) is 0.800. The predicted molar refractivity (Wildman–Crippen MR) is 78.1 cm³/mol. The first-order chi connectivity index (χ1) is 10.0. The van der Waals surface area contributed by atoms with Crippen molar-refractivity contribution in [3.05, 3.63) is 0 Å². The highest BCUT2D eigenvalue weighted by molar-refractivity contribution is 6.35. The molecule has 0 saturated carbocycles. The Bertz CT molecular complexity index is 416. The second-order valence-electron chi connectivity index (χ2n) is 6.03. The standard InChI is InChI=1S/C15H25N3O3/c1-2-12-5-3-4-8-18(12)15(21)14(20)17-9-6-11(7-10-17)13(16)19/h11-12H,2-10H2,1H3,(H2,16,19). The first-order valence-electron chi connectivity index (χ1n) is 7.93. The van der Waals surface area contributed by atoms with Gasteiger partial charge in [-0.3, -0.25) is 14.4 Å². The molecule has 118 valence electrons. The van der Waals surface area contributed by atoms with E-state index in [0.29, 0.717) is 32.5 Å². The molecule has 6 nitrogen and oxygen atoms in total. The van der Waals surface area contributed by atoms with Crippen LogP contribution in [-0.2, 0) is 14.4 Å². The first kappa shape index (κ1) is 15.8. The van der Waals surface area contributed by atoms with Crippen LogP contribution in [0.15, 0.2) is 0 Å². The van der Waals surface area contributed by atoms with Crippen molar-refractivity contribution in [2.75, 3.05) is 19.6 Å². The summed E-state index contributed by atoms with van der Waals surface area (Å²) in [5, 5.41) is 0. The van der Waals surface area contributed by atoms with Crippen molar-refractivity contribution >= 4 is 17.7 Å². The van der Waals surface area contributed by atoms with Crippen LogP contribution in [0.4, 0.5) is 0 Å². The number of piperidine rings is 2. The lowest BCUT2D eigenvalue weighted by Gasteiger charge is -2.37. The molecule has 0 aromatic heterocycles. The summed E-state index contributed by atoms with van der Waals surface area (Å²) in [6, 6.07) is 0.193. The zero-order chi connectivity index (χ0) is 15.4. The summed E-state index contributed by atoms with van der Waals surface area (Å²) in [5.41, 5.74) is 5.28. The Labute approximate surface area is 125 Å². The summed E-state index contributed by atoms with van der Waals surface area (Å²) in [5.74, 6) is -1.27. The number of nitrogens with two attached hydrogens (primary N) is 1. The van der Waals surface area contributed by atoms with Crippen molar-refractivity contribution in [1.82, 2.24) is 9.80 Å². The van der Waals surface area contributed by atoms with Gasteiger partial charge in [-0.05, 0) is 38.5 Å². The third-order valence-electron chi connectivity index (χ3n) is 4.73. The van der Waals surface area contributed by atoms with E-state index in [0.717, 1.165) is 25.7 Å². The summed E-state index contributed by atoms with van der Waals surface area (Å²) < 4.78 is 0. The molecule has 0 spiro atoms. The topological polar surface area (TPSA) is 83.7 Å². The Kier molecular flexibility index (Phi) is 5.20. The Balaban J connectivity index is 1.93. The molecule has 2 saturated heterocycles. The predicted octanol–water partition coefficient (Wildman–Crippen LogP) is 0.501. The summed E-state index contributed by atoms with van der Waals surface area (Å²) >= 11 is 0. The lowest BCUT2D eigenvalue weighted by atomic mass is 9.96. The molecule has 2 rings (SSSR count). The summed E-state index contributed by atoms with van der Waals surface area (Å²) in [7, 11) is 0. The zero-order valence-corrected chi connectivity index (χ0v) is 12.7. The van der Waals surface area contributed by atoms with Crippen molar-refractivity contribution in [1.29, 1.82) is 0 Å². The van der Waals surface area contributed by atoms with Crippen molar-refractivity contribution < 1.29 is 14.4 Å². The maximum atomic E-state index is 12.4. The van der Waals surface area contributed by atoms with Crippen molar-refractivity contribution in [2.24, 2.45) is 11.7 Å². The van der Waals surface area contributed by atoms with Gasteiger partial charge in [-0.1, -0.05) is 6.92 Å². The molecule has 2 aliphatic rings. The van der Waals surface area contributed by atoms with Gasteiger partial charge in [-0.25, -0.2) is 0 Å². The van der Waals surface area contributed by atoms with Gasteiger partial charge in [0.2, 0.25) is 5.91 Å². The second-order valence-corrected chi connectivity index (χ2v) is 6.03. The van der Waals surface area contributed by atoms with Crippen LogP contribution in [0.2, 0.25) is 0 Å². The van der Waals surface area contributed by atoms with Crippen molar-refractivity contribution in [3.63, 3.8) is 0 Å². The molecule has 2 N–H and O–H groups in total. The minimum Gasteiger partial charge on any atom is -0.369 e. The van der Waals surface area contributed by atoms with Gasteiger partial charge in [0.25, 0.3) is 0 Å². The second kappa shape index (κ2) is 6.91. The van der Waals surface area contributed by atoms with E-state index in [2.05, 4.69) is 6.92 Å². The summed E-state index contributed by atoms with van der Waals surface area (Å²) in [6.07, 6.45) is 5.10. The van der Waals surface area contributed by atoms with Crippen molar-refractivity contribution in [2.45, 2.75) is 51.5 Å². The molecule has 2 aliphatic heterocycles. The Morgan fingerprint density at radius 2 is 1.67 bits per heavy atom. The maximum absolute atomic E-state index is 12.4. The molecule has 2 heterocycles. The lowest BCUT2D eigenvalue weighted by molar-refractivity contribution is -0.155. The normalized spacial score (nSPS) is 24.0. The van der Waals surface area contributed by atoms with Gasteiger partial charge < -0.3 is 15.5 Å². The van der Waals surface area contributed by atoms with Crippen LogP contribution in [0.1, 0.15) is 45.4 Å². The van der Waals surface area contributed by atoms with Gasteiger partial charge in [-0.15, -0.1) is 0 Å². The molecule has 2 fully saturated rings. The fourth-order valence-corrected chi connectivity index (χ4v) is 3.32. The largest absolute Gasteiger partial charge is 0.369 e. The van der Waals surface area contributed by atoms with Crippen LogP contribution >= 0.6 is 0 Å². The third kappa shape index (κ3) is 3.54. The fourth-order valence-electron chi connectivity index (χ4n) is 3.32. The van der Waals surface area contributed by atoms with Gasteiger partial charge in [0, 0.05) is 31.6 Å².